The van der Waals surface area contributed by atoms with Crippen molar-refractivity contribution in [2.45, 2.75) is 19.3 Å². The molecule has 0 saturated carbocycles. The fourth-order valence-electron chi connectivity index (χ4n) is 2.62. The maximum atomic E-state index is 12.0. The lowest BCUT2D eigenvalue weighted by molar-refractivity contribution is -0.111. The number of aromatic nitrogens is 2. The molecule has 0 bridgehead atoms. The number of rotatable bonds is 4. The van der Waals surface area contributed by atoms with E-state index in [9.17, 15) is 4.79 Å². The summed E-state index contributed by atoms with van der Waals surface area (Å²) in [5, 5.41) is 2.79. The van der Waals surface area contributed by atoms with Crippen molar-refractivity contribution in [2.24, 2.45) is 0 Å². The second-order valence-electron chi connectivity index (χ2n) is 5.54. The molecule has 1 aromatic heterocycles. The van der Waals surface area contributed by atoms with Crippen molar-refractivity contribution >= 4 is 23.6 Å². The third-order valence-corrected chi connectivity index (χ3v) is 3.81. The van der Waals surface area contributed by atoms with Crippen LogP contribution in [0.4, 0.5) is 11.6 Å². The second-order valence-corrected chi connectivity index (χ2v) is 5.54. The van der Waals surface area contributed by atoms with Crippen molar-refractivity contribution in [3.63, 3.8) is 0 Å². The van der Waals surface area contributed by atoms with Crippen LogP contribution in [0.5, 0.6) is 0 Å². The Bertz CT molecular complexity index is 678. The minimum Gasteiger partial charge on any atom is -0.356 e. The Kier molecular flexibility index (Phi) is 4.99. The molecular formula is C18H20N4O. The van der Waals surface area contributed by atoms with Crippen LogP contribution in [0, 0.1) is 0 Å². The molecule has 0 aliphatic carbocycles. The molecule has 5 nitrogen and oxygen atoms in total. The van der Waals surface area contributed by atoms with Gasteiger partial charge in [-0.3, -0.25) is 4.79 Å². The van der Waals surface area contributed by atoms with Crippen LogP contribution in [0.25, 0.3) is 6.08 Å². The summed E-state index contributed by atoms with van der Waals surface area (Å²) in [6.45, 7) is 2.02. The number of hydrogen-bond donors (Lipinski definition) is 1. The van der Waals surface area contributed by atoms with Gasteiger partial charge in [-0.2, -0.15) is 0 Å². The number of amides is 1. The van der Waals surface area contributed by atoms with E-state index in [1.54, 1.807) is 6.08 Å². The van der Waals surface area contributed by atoms with Crippen molar-refractivity contribution in [3.8, 4) is 0 Å². The lowest BCUT2D eigenvalue weighted by Crippen LogP contribution is -2.30. The second kappa shape index (κ2) is 7.54. The summed E-state index contributed by atoms with van der Waals surface area (Å²) in [6, 6.07) is 11.5. The van der Waals surface area contributed by atoms with Crippen molar-refractivity contribution in [3.05, 3.63) is 54.4 Å². The Hall–Kier alpha value is -2.69. The molecule has 1 N–H and O–H groups in total. The Morgan fingerprint density at radius 1 is 1.09 bits per heavy atom. The number of anilines is 2. The van der Waals surface area contributed by atoms with Crippen molar-refractivity contribution in [2.75, 3.05) is 23.3 Å². The topological polar surface area (TPSA) is 58.1 Å². The highest BCUT2D eigenvalue weighted by molar-refractivity contribution is 6.01. The minimum atomic E-state index is -0.197. The average Bonchev–Trinajstić information content (AvgIpc) is 2.62. The molecule has 1 fully saturated rings. The lowest BCUT2D eigenvalue weighted by atomic mass is 10.1. The molecule has 3 rings (SSSR count). The molecule has 1 aliphatic rings. The number of piperidine rings is 1. The predicted octanol–water partition coefficient (Wildman–Crippen LogP) is 3.12. The third kappa shape index (κ3) is 4.39. The molecule has 2 heterocycles. The highest BCUT2D eigenvalue weighted by Crippen LogP contribution is 2.19. The minimum absolute atomic E-state index is 0.197. The first-order valence-electron chi connectivity index (χ1n) is 7.92. The maximum Gasteiger partial charge on any atom is 0.249 e. The number of hydrogen-bond acceptors (Lipinski definition) is 4. The van der Waals surface area contributed by atoms with Crippen LogP contribution >= 0.6 is 0 Å². The molecule has 118 valence electrons. The van der Waals surface area contributed by atoms with Gasteiger partial charge in [0.05, 0.1) is 0 Å². The van der Waals surface area contributed by atoms with Gasteiger partial charge in [0.25, 0.3) is 0 Å². The van der Waals surface area contributed by atoms with Gasteiger partial charge in [-0.1, -0.05) is 30.3 Å². The van der Waals surface area contributed by atoms with Gasteiger partial charge in [-0.25, -0.2) is 9.97 Å². The first-order chi connectivity index (χ1) is 11.3. The van der Waals surface area contributed by atoms with Gasteiger partial charge in [0.15, 0.2) is 0 Å². The monoisotopic (exact) mass is 308 g/mol. The molecule has 0 atom stereocenters. The standard InChI is InChI=1S/C18H20N4O/c23-18(10-9-15-7-3-1-4-8-15)21-16-13-17(20-14-19-16)22-11-5-2-6-12-22/h1,3-4,7-10,13-14H,2,5-6,11-12H2,(H,19,20,21,23)/b10-9+. The molecule has 23 heavy (non-hydrogen) atoms. The summed E-state index contributed by atoms with van der Waals surface area (Å²) in [4.78, 5) is 22.7. The summed E-state index contributed by atoms with van der Waals surface area (Å²) in [5.74, 6) is 1.21. The highest BCUT2D eigenvalue weighted by atomic mass is 16.1. The van der Waals surface area contributed by atoms with E-state index in [0.717, 1.165) is 24.5 Å². The number of nitrogens with one attached hydrogen (secondary N) is 1. The van der Waals surface area contributed by atoms with Crippen LogP contribution in [0.15, 0.2) is 48.8 Å². The maximum absolute atomic E-state index is 12.0. The molecule has 5 heteroatoms. The predicted molar refractivity (Wildman–Crippen MR) is 92.2 cm³/mol. The van der Waals surface area contributed by atoms with Gasteiger partial charge in [-0.05, 0) is 30.9 Å². The number of carbonyl (C=O) groups is 1. The Labute approximate surface area is 136 Å². The van der Waals surface area contributed by atoms with Crippen molar-refractivity contribution in [1.29, 1.82) is 0 Å². The smallest absolute Gasteiger partial charge is 0.249 e. The first kappa shape index (κ1) is 15.2. The molecule has 1 aliphatic heterocycles. The number of nitrogens with zero attached hydrogens (tertiary/aromatic N) is 3. The van der Waals surface area contributed by atoms with Gasteiger partial charge >= 0.3 is 0 Å². The quantitative estimate of drug-likeness (QED) is 0.882. The van der Waals surface area contributed by atoms with Crippen LogP contribution in [0.2, 0.25) is 0 Å². The van der Waals surface area contributed by atoms with Crippen molar-refractivity contribution in [1.82, 2.24) is 9.97 Å². The molecule has 2 aromatic rings. The normalized spacial score (nSPS) is 14.9. The molecule has 0 spiro atoms. The Morgan fingerprint density at radius 3 is 2.65 bits per heavy atom. The summed E-state index contributed by atoms with van der Waals surface area (Å²) in [5.41, 5.74) is 0.986. The van der Waals surface area contributed by atoms with E-state index in [1.807, 2.05) is 36.4 Å². The molecule has 1 aromatic carbocycles. The van der Waals surface area contributed by atoms with Crippen LogP contribution in [0.1, 0.15) is 24.8 Å². The van der Waals surface area contributed by atoms with E-state index in [2.05, 4.69) is 20.2 Å². The fourth-order valence-corrected chi connectivity index (χ4v) is 2.62. The van der Waals surface area contributed by atoms with Gasteiger partial charge in [0, 0.05) is 25.2 Å². The van der Waals surface area contributed by atoms with Gasteiger partial charge < -0.3 is 10.2 Å². The molecule has 1 saturated heterocycles. The zero-order valence-corrected chi connectivity index (χ0v) is 13.0. The lowest BCUT2D eigenvalue weighted by Gasteiger charge is -2.27. The fraction of sp³-hybridized carbons (Fsp3) is 0.278. The molecule has 0 radical (unpaired) electrons. The van der Waals surface area contributed by atoms with Crippen LogP contribution in [-0.2, 0) is 4.79 Å². The molecule has 1 amide bonds. The van der Waals surface area contributed by atoms with E-state index >= 15 is 0 Å². The van der Waals surface area contributed by atoms with Gasteiger partial charge in [-0.15, -0.1) is 0 Å². The van der Waals surface area contributed by atoms with Crippen LogP contribution < -0.4 is 10.2 Å². The Morgan fingerprint density at radius 2 is 1.87 bits per heavy atom. The largest absolute Gasteiger partial charge is 0.356 e. The summed E-state index contributed by atoms with van der Waals surface area (Å²) in [6.07, 6.45) is 8.44. The highest BCUT2D eigenvalue weighted by Gasteiger charge is 2.13. The number of benzene rings is 1. The van der Waals surface area contributed by atoms with Gasteiger partial charge in [0.1, 0.15) is 18.0 Å². The van der Waals surface area contributed by atoms with Crippen molar-refractivity contribution < 1.29 is 4.79 Å². The Balaban J connectivity index is 1.63. The van der Waals surface area contributed by atoms with E-state index in [4.69, 9.17) is 0 Å². The zero-order valence-electron chi connectivity index (χ0n) is 13.0. The third-order valence-electron chi connectivity index (χ3n) is 3.81. The average molecular weight is 308 g/mol. The summed E-state index contributed by atoms with van der Waals surface area (Å²) >= 11 is 0. The zero-order chi connectivity index (χ0) is 15.9. The van der Waals surface area contributed by atoms with E-state index < -0.39 is 0 Å². The first-order valence-corrected chi connectivity index (χ1v) is 7.92. The summed E-state index contributed by atoms with van der Waals surface area (Å²) in [7, 11) is 0. The van der Waals surface area contributed by atoms with Gasteiger partial charge in [0.2, 0.25) is 5.91 Å². The van der Waals surface area contributed by atoms with E-state index in [-0.39, 0.29) is 5.91 Å². The molecular weight excluding hydrogens is 288 g/mol. The van der Waals surface area contributed by atoms with E-state index in [0.29, 0.717) is 5.82 Å². The SMILES string of the molecule is O=C(/C=C/c1ccccc1)Nc1cc(N2CCCCC2)ncn1. The van der Waals surface area contributed by atoms with Crippen LogP contribution in [0.3, 0.4) is 0 Å². The van der Waals surface area contributed by atoms with E-state index in [1.165, 1.54) is 31.7 Å². The van der Waals surface area contributed by atoms with Crippen LogP contribution in [-0.4, -0.2) is 29.0 Å². The molecule has 0 unspecified atom stereocenters. The number of carbonyl (C=O) groups excluding carboxylic acids is 1. The summed E-state index contributed by atoms with van der Waals surface area (Å²) < 4.78 is 0.